The highest BCUT2D eigenvalue weighted by Gasteiger charge is 2.25. The van der Waals surface area contributed by atoms with Crippen molar-refractivity contribution < 1.29 is 13.2 Å². The van der Waals surface area contributed by atoms with Crippen LogP contribution >= 0.6 is 0 Å². The van der Waals surface area contributed by atoms with Gasteiger partial charge in [-0.1, -0.05) is 0 Å². The van der Waals surface area contributed by atoms with Crippen LogP contribution in [0.15, 0.2) is 23.1 Å². The predicted molar refractivity (Wildman–Crippen MR) is 78.1 cm³/mol. The molecule has 1 aliphatic heterocycles. The highest BCUT2D eigenvalue weighted by atomic mass is 32.2. The van der Waals surface area contributed by atoms with Crippen LogP contribution in [0.2, 0.25) is 0 Å². The number of anilines is 2. The number of piperidine rings is 1. The predicted octanol–water partition coefficient (Wildman–Crippen LogP) is 0.374. The number of carbonyl (C=O) groups excluding carboxylic acids is 1. The number of hydrogen-bond acceptors (Lipinski definition) is 5. The van der Waals surface area contributed by atoms with Crippen LogP contribution in [0.4, 0.5) is 11.4 Å². The van der Waals surface area contributed by atoms with Gasteiger partial charge in [-0.25, -0.2) is 8.42 Å². The van der Waals surface area contributed by atoms with Crippen LogP contribution in [0.25, 0.3) is 0 Å². The minimum atomic E-state index is -3.27. The lowest BCUT2D eigenvalue weighted by molar-refractivity contribution is -0.122. The van der Waals surface area contributed by atoms with Gasteiger partial charge >= 0.3 is 0 Å². The molecule has 0 aromatic heterocycles. The molecular formula is C13H19N3O3S. The Morgan fingerprint density at radius 2 is 2.10 bits per heavy atom. The van der Waals surface area contributed by atoms with E-state index in [-0.39, 0.29) is 16.7 Å². The van der Waals surface area contributed by atoms with Crippen molar-refractivity contribution in [2.75, 3.05) is 30.0 Å². The molecule has 0 bridgehead atoms. The second-order valence-corrected chi connectivity index (χ2v) is 7.20. The second-order valence-electron chi connectivity index (χ2n) is 5.18. The summed E-state index contributed by atoms with van der Waals surface area (Å²) in [6.07, 6.45) is 2.79. The molecule has 0 radical (unpaired) electrons. The van der Waals surface area contributed by atoms with E-state index in [1.54, 1.807) is 6.07 Å². The maximum absolute atomic E-state index is 11.5. The number of nitrogens with zero attached hydrogens (tertiary/aromatic N) is 1. The molecule has 1 fully saturated rings. The first-order valence-corrected chi connectivity index (χ1v) is 8.32. The van der Waals surface area contributed by atoms with E-state index >= 15 is 0 Å². The van der Waals surface area contributed by atoms with E-state index in [9.17, 15) is 13.2 Å². The highest BCUT2D eigenvalue weighted by Crippen LogP contribution is 2.30. The molecule has 4 N–H and O–H groups in total. The molecule has 1 heterocycles. The number of carbonyl (C=O) groups is 1. The Morgan fingerprint density at radius 1 is 1.40 bits per heavy atom. The first kappa shape index (κ1) is 14.6. The molecule has 0 spiro atoms. The van der Waals surface area contributed by atoms with Crippen molar-refractivity contribution in [1.29, 1.82) is 0 Å². The van der Waals surface area contributed by atoms with Crippen LogP contribution in [-0.2, 0) is 14.6 Å². The fourth-order valence-corrected chi connectivity index (χ4v) is 3.14. The van der Waals surface area contributed by atoms with Crippen molar-refractivity contribution >= 4 is 27.1 Å². The summed E-state index contributed by atoms with van der Waals surface area (Å²) in [6, 6.07) is 4.68. The summed E-state index contributed by atoms with van der Waals surface area (Å²) in [5, 5.41) is 0. The highest BCUT2D eigenvalue weighted by molar-refractivity contribution is 7.90. The van der Waals surface area contributed by atoms with Gasteiger partial charge in [0.15, 0.2) is 9.84 Å². The van der Waals surface area contributed by atoms with E-state index in [0.717, 1.165) is 31.3 Å². The van der Waals surface area contributed by atoms with Crippen LogP contribution in [0.1, 0.15) is 12.8 Å². The molecule has 7 heteroatoms. The Balaban J connectivity index is 2.27. The lowest BCUT2D eigenvalue weighted by atomic mass is 9.97. The zero-order valence-corrected chi connectivity index (χ0v) is 12.2. The third kappa shape index (κ3) is 3.04. The molecular weight excluding hydrogens is 278 g/mol. The van der Waals surface area contributed by atoms with E-state index in [0.29, 0.717) is 12.2 Å². The monoisotopic (exact) mass is 297 g/mol. The molecule has 1 aromatic carbocycles. The molecule has 110 valence electrons. The Labute approximate surface area is 118 Å². The molecule has 1 unspecified atom stereocenters. The number of amides is 1. The Hall–Kier alpha value is -1.76. The average molecular weight is 297 g/mol. The van der Waals surface area contributed by atoms with Gasteiger partial charge in [0.1, 0.15) is 0 Å². The molecule has 1 saturated heterocycles. The number of nitrogens with two attached hydrogens (primary N) is 2. The van der Waals surface area contributed by atoms with Gasteiger partial charge in [-0.05, 0) is 31.0 Å². The number of sulfone groups is 1. The van der Waals surface area contributed by atoms with Crippen LogP contribution in [0.3, 0.4) is 0 Å². The SMILES string of the molecule is CS(=O)(=O)c1ccc(N2CCCC(C(N)=O)C2)c(N)c1. The molecule has 2 rings (SSSR count). The summed E-state index contributed by atoms with van der Waals surface area (Å²) in [5.41, 5.74) is 12.5. The summed E-state index contributed by atoms with van der Waals surface area (Å²) in [5.74, 6) is -0.487. The summed E-state index contributed by atoms with van der Waals surface area (Å²) in [7, 11) is -3.27. The minimum absolute atomic E-state index is 0.183. The zero-order valence-electron chi connectivity index (χ0n) is 11.4. The Kier molecular flexibility index (Phi) is 3.89. The molecule has 20 heavy (non-hydrogen) atoms. The first-order valence-electron chi connectivity index (χ1n) is 6.43. The molecule has 1 aliphatic rings. The van der Waals surface area contributed by atoms with Crippen molar-refractivity contribution in [3.05, 3.63) is 18.2 Å². The third-order valence-corrected chi connectivity index (χ3v) is 4.70. The number of benzene rings is 1. The second kappa shape index (κ2) is 5.32. The fraction of sp³-hybridized carbons (Fsp3) is 0.462. The van der Waals surface area contributed by atoms with Crippen molar-refractivity contribution in [1.82, 2.24) is 0 Å². The van der Waals surface area contributed by atoms with Gasteiger partial charge in [-0.15, -0.1) is 0 Å². The molecule has 0 saturated carbocycles. The topological polar surface area (TPSA) is 106 Å². The molecule has 0 aliphatic carbocycles. The largest absolute Gasteiger partial charge is 0.397 e. The quantitative estimate of drug-likeness (QED) is 0.784. The molecule has 1 amide bonds. The van der Waals surface area contributed by atoms with E-state index < -0.39 is 9.84 Å². The van der Waals surface area contributed by atoms with E-state index in [1.165, 1.54) is 12.1 Å². The fourth-order valence-electron chi connectivity index (χ4n) is 2.48. The summed E-state index contributed by atoms with van der Waals surface area (Å²) in [4.78, 5) is 13.5. The Morgan fingerprint density at radius 3 is 2.65 bits per heavy atom. The van der Waals surface area contributed by atoms with Gasteiger partial charge in [0.2, 0.25) is 5.91 Å². The van der Waals surface area contributed by atoms with E-state index in [2.05, 4.69) is 0 Å². The molecule has 6 nitrogen and oxygen atoms in total. The zero-order chi connectivity index (χ0) is 14.9. The molecule has 1 atom stereocenters. The standard InChI is InChI=1S/C13H19N3O3S/c1-20(18,19)10-4-5-12(11(14)7-10)16-6-2-3-9(8-16)13(15)17/h4-5,7,9H,2-3,6,8,14H2,1H3,(H2,15,17). The summed E-state index contributed by atoms with van der Waals surface area (Å²) in [6.45, 7) is 1.31. The van der Waals surface area contributed by atoms with Crippen molar-refractivity contribution in [2.45, 2.75) is 17.7 Å². The van der Waals surface area contributed by atoms with Gasteiger partial charge in [-0.2, -0.15) is 0 Å². The lowest BCUT2D eigenvalue weighted by Crippen LogP contribution is -2.41. The minimum Gasteiger partial charge on any atom is -0.397 e. The van der Waals surface area contributed by atoms with Gasteiger partial charge in [0.05, 0.1) is 22.2 Å². The summed E-state index contributed by atoms with van der Waals surface area (Å²) >= 11 is 0. The van der Waals surface area contributed by atoms with Crippen molar-refractivity contribution in [3.63, 3.8) is 0 Å². The van der Waals surface area contributed by atoms with Crippen molar-refractivity contribution in [2.24, 2.45) is 11.7 Å². The van der Waals surface area contributed by atoms with Gasteiger partial charge in [-0.3, -0.25) is 4.79 Å². The maximum Gasteiger partial charge on any atom is 0.222 e. The van der Waals surface area contributed by atoms with Gasteiger partial charge < -0.3 is 16.4 Å². The number of nitrogen functional groups attached to an aromatic ring is 1. The number of primary amides is 1. The lowest BCUT2D eigenvalue weighted by Gasteiger charge is -2.33. The van der Waals surface area contributed by atoms with Crippen LogP contribution in [0, 0.1) is 5.92 Å². The van der Waals surface area contributed by atoms with Gasteiger partial charge in [0, 0.05) is 19.3 Å². The van der Waals surface area contributed by atoms with Gasteiger partial charge in [0.25, 0.3) is 0 Å². The smallest absolute Gasteiger partial charge is 0.222 e. The third-order valence-electron chi connectivity index (χ3n) is 3.59. The first-order chi connectivity index (χ1) is 9.29. The van der Waals surface area contributed by atoms with Crippen LogP contribution in [-0.4, -0.2) is 33.7 Å². The van der Waals surface area contributed by atoms with E-state index in [4.69, 9.17) is 11.5 Å². The van der Waals surface area contributed by atoms with Crippen LogP contribution in [0.5, 0.6) is 0 Å². The average Bonchev–Trinajstić information content (AvgIpc) is 2.37. The Bertz CT molecular complexity index is 628. The summed E-state index contributed by atoms with van der Waals surface area (Å²) < 4.78 is 23.0. The number of rotatable bonds is 3. The molecule has 1 aromatic rings. The van der Waals surface area contributed by atoms with Crippen LogP contribution < -0.4 is 16.4 Å². The normalized spacial score (nSPS) is 19.9. The maximum atomic E-state index is 11.5. The number of hydrogen-bond donors (Lipinski definition) is 2. The van der Waals surface area contributed by atoms with Crippen molar-refractivity contribution in [3.8, 4) is 0 Å². The van der Waals surface area contributed by atoms with E-state index in [1.807, 2.05) is 4.90 Å².